The molecular weight excluding hydrogens is 238 g/mol. The summed E-state index contributed by atoms with van der Waals surface area (Å²) in [4.78, 5) is 11.3. The summed E-state index contributed by atoms with van der Waals surface area (Å²) in [6.45, 7) is 0.108. The first-order valence-corrected chi connectivity index (χ1v) is 4.98. The van der Waals surface area contributed by atoms with Crippen molar-refractivity contribution in [3.63, 3.8) is 0 Å². The maximum absolute atomic E-state index is 11.4. The highest BCUT2D eigenvalue weighted by Crippen LogP contribution is 2.25. The zero-order chi connectivity index (χ0) is 10.1. The van der Waals surface area contributed by atoms with Crippen LogP contribution in [0.3, 0.4) is 0 Å². The smallest absolute Gasteiger partial charge is 0.308 e. The van der Waals surface area contributed by atoms with Crippen LogP contribution in [-0.2, 0) is 6.54 Å². The lowest BCUT2D eigenvalue weighted by atomic mass is 10.3. The van der Waals surface area contributed by atoms with E-state index in [1.165, 1.54) is 10.6 Å². The molecule has 2 aromatic rings. The van der Waals surface area contributed by atoms with Crippen LogP contribution in [0.4, 0.5) is 0 Å². The van der Waals surface area contributed by atoms with E-state index in [9.17, 15) is 9.90 Å². The van der Waals surface area contributed by atoms with Crippen LogP contribution < -0.4 is 4.87 Å². The van der Waals surface area contributed by atoms with Crippen molar-refractivity contribution in [3.8, 4) is 5.75 Å². The van der Waals surface area contributed by atoms with E-state index in [1.807, 2.05) is 0 Å². The molecule has 0 saturated carbocycles. The third-order valence-electron chi connectivity index (χ3n) is 1.99. The van der Waals surface area contributed by atoms with Crippen LogP contribution in [0.15, 0.2) is 23.0 Å². The van der Waals surface area contributed by atoms with Gasteiger partial charge in [0.25, 0.3) is 0 Å². The lowest BCUT2D eigenvalue weighted by Crippen LogP contribution is -2.14. The van der Waals surface area contributed by atoms with Crippen LogP contribution >= 0.6 is 23.7 Å². The number of nitrogens with zero attached hydrogens (tertiary/aromatic N) is 1. The number of aliphatic hydroxyl groups excluding tert-OH is 1. The van der Waals surface area contributed by atoms with Crippen molar-refractivity contribution in [2.24, 2.45) is 0 Å². The Morgan fingerprint density at radius 1 is 1.40 bits per heavy atom. The fraction of sp³-hybridized carbons (Fsp3) is 0.222. The minimum absolute atomic E-state index is 0. The second-order valence-electron chi connectivity index (χ2n) is 2.87. The summed E-state index contributed by atoms with van der Waals surface area (Å²) in [6.07, 6.45) is 0. The molecule has 82 valence electrons. The number of aromatic nitrogens is 1. The van der Waals surface area contributed by atoms with Gasteiger partial charge < -0.3 is 10.2 Å². The summed E-state index contributed by atoms with van der Waals surface area (Å²) >= 11 is 1.07. The average Bonchev–Trinajstić information content (AvgIpc) is 2.45. The Labute approximate surface area is 95.8 Å². The maximum atomic E-state index is 11.4. The summed E-state index contributed by atoms with van der Waals surface area (Å²) in [6, 6.07) is 4.99. The SMILES string of the molecule is Cl.O=c1sc2cccc(O)c2n1CCO. The number of aliphatic hydroxyl groups is 1. The number of phenolic OH excluding ortho intramolecular Hbond substituents is 1. The van der Waals surface area contributed by atoms with Gasteiger partial charge in [0.2, 0.25) is 0 Å². The van der Waals surface area contributed by atoms with Gasteiger partial charge in [0.15, 0.2) is 0 Å². The summed E-state index contributed by atoms with van der Waals surface area (Å²) in [5.41, 5.74) is 0.511. The molecule has 0 saturated heterocycles. The summed E-state index contributed by atoms with van der Waals surface area (Å²) in [5, 5.41) is 18.3. The molecule has 0 aliphatic heterocycles. The number of aromatic hydroxyl groups is 1. The van der Waals surface area contributed by atoms with Crippen molar-refractivity contribution in [2.75, 3.05) is 6.61 Å². The van der Waals surface area contributed by atoms with Crippen LogP contribution in [0, 0.1) is 0 Å². The van der Waals surface area contributed by atoms with Crippen molar-refractivity contribution in [3.05, 3.63) is 27.9 Å². The van der Waals surface area contributed by atoms with E-state index >= 15 is 0 Å². The molecule has 6 heteroatoms. The summed E-state index contributed by atoms with van der Waals surface area (Å²) in [7, 11) is 0. The number of fused-ring (bicyclic) bond motifs is 1. The highest BCUT2D eigenvalue weighted by atomic mass is 35.5. The molecule has 0 amide bonds. The minimum atomic E-state index is -0.157. The van der Waals surface area contributed by atoms with Gasteiger partial charge in [-0.15, -0.1) is 12.4 Å². The van der Waals surface area contributed by atoms with Crippen LogP contribution in [0.2, 0.25) is 0 Å². The molecule has 1 aromatic heterocycles. The Balaban J connectivity index is 0.00000112. The van der Waals surface area contributed by atoms with Crippen LogP contribution in [0.25, 0.3) is 10.2 Å². The van der Waals surface area contributed by atoms with Gasteiger partial charge in [-0.05, 0) is 12.1 Å². The summed E-state index contributed by atoms with van der Waals surface area (Å²) < 4.78 is 2.12. The molecule has 0 unspecified atom stereocenters. The van der Waals surface area contributed by atoms with E-state index < -0.39 is 0 Å². The van der Waals surface area contributed by atoms with Crippen molar-refractivity contribution in [2.45, 2.75) is 6.54 Å². The Morgan fingerprint density at radius 3 is 2.80 bits per heavy atom. The van der Waals surface area contributed by atoms with Gasteiger partial charge in [-0.3, -0.25) is 9.36 Å². The fourth-order valence-electron chi connectivity index (χ4n) is 1.41. The van der Waals surface area contributed by atoms with E-state index in [2.05, 4.69) is 0 Å². The van der Waals surface area contributed by atoms with Gasteiger partial charge in [-0.25, -0.2) is 0 Å². The first-order chi connectivity index (χ1) is 6.74. The third-order valence-corrected chi connectivity index (χ3v) is 2.93. The predicted molar refractivity (Wildman–Crippen MR) is 62.1 cm³/mol. The maximum Gasteiger partial charge on any atom is 0.308 e. The van der Waals surface area contributed by atoms with Gasteiger partial charge in [-0.1, -0.05) is 17.4 Å². The Morgan fingerprint density at radius 2 is 2.13 bits per heavy atom. The second kappa shape index (κ2) is 4.65. The standard InChI is InChI=1S/C9H9NO3S.ClH/c11-5-4-10-8-6(12)2-1-3-7(8)14-9(10)13;/h1-3,11-12H,4-5H2;1H. The van der Waals surface area contributed by atoms with E-state index in [-0.39, 0.29) is 36.2 Å². The van der Waals surface area contributed by atoms with Crippen LogP contribution in [0.5, 0.6) is 5.75 Å². The molecule has 1 aromatic carbocycles. The van der Waals surface area contributed by atoms with E-state index in [0.717, 1.165) is 16.0 Å². The number of rotatable bonds is 2. The van der Waals surface area contributed by atoms with Gasteiger partial charge in [0.1, 0.15) is 11.3 Å². The van der Waals surface area contributed by atoms with Crippen LogP contribution in [-0.4, -0.2) is 21.4 Å². The molecule has 2 N–H and O–H groups in total. The molecule has 4 nitrogen and oxygen atoms in total. The highest BCUT2D eigenvalue weighted by molar-refractivity contribution is 7.16. The molecule has 0 bridgehead atoms. The topological polar surface area (TPSA) is 62.5 Å². The van der Waals surface area contributed by atoms with Gasteiger partial charge in [-0.2, -0.15) is 0 Å². The van der Waals surface area contributed by atoms with Gasteiger partial charge in [0.05, 0.1) is 17.9 Å². The molecule has 0 radical (unpaired) electrons. The summed E-state index contributed by atoms with van der Waals surface area (Å²) in [5.74, 6) is 0.0781. The first-order valence-electron chi connectivity index (χ1n) is 4.16. The average molecular weight is 248 g/mol. The van der Waals surface area contributed by atoms with Crippen molar-refractivity contribution in [1.29, 1.82) is 0 Å². The Hall–Kier alpha value is -1.04. The van der Waals surface area contributed by atoms with Crippen molar-refractivity contribution in [1.82, 2.24) is 4.57 Å². The Bertz CT molecular complexity index is 520. The largest absolute Gasteiger partial charge is 0.506 e. The zero-order valence-corrected chi connectivity index (χ0v) is 9.35. The quantitative estimate of drug-likeness (QED) is 0.838. The lowest BCUT2D eigenvalue weighted by molar-refractivity contribution is 0.277. The molecule has 1 heterocycles. The molecule has 0 aliphatic carbocycles. The van der Waals surface area contributed by atoms with Crippen LogP contribution in [0.1, 0.15) is 0 Å². The molecular formula is C9H10ClNO3S. The number of hydrogen-bond acceptors (Lipinski definition) is 4. The minimum Gasteiger partial charge on any atom is -0.506 e. The first kappa shape index (κ1) is 12.0. The number of hydrogen-bond donors (Lipinski definition) is 2. The van der Waals surface area contributed by atoms with Crippen molar-refractivity contribution >= 4 is 34.0 Å². The molecule has 15 heavy (non-hydrogen) atoms. The monoisotopic (exact) mass is 247 g/mol. The number of thiazole rings is 1. The number of para-hydroxylation sites is 1. The molecule has 0 spiro atoms. The third kappa shape index (κ3) is 1.99. The van der Waals surface area contributed by atoms with Gasteiger partial charge >= 0.3 is 4.87 Å². The second-order valence-corrected chi connectivity index (χ2v) is 3.86. The lowest BCUT2D eigenvalue weighted by Gasteiger charge is -2.01. The Kier molecular flexibility index (Phi) is 3.73. The normalized spacial score (nSPS) is 10.2. The molecule has 2 rings (SSSR count). The molecule has 0 atom stereocenters. The number of halogens is 1. The molecule has 0 fully saturated rings. The van der Waals surface area contributed by atoms with E-state index in [0.29, 0.717) is 5.52 Å². The van der Waals surface area contributed by atoms with Crippen molar-refractivity contribution < 1.29 is 10.2 Å². The number of benzene rings is 1. The highest BCUT2D eigenvalue weighted by Gasteiger charge is 2.09. The zero-order valence-electron chi connectivity index (χ0n) is 7.71. The van der Waals surface area contributed by atoms with E-state index in [1.54, 1.807) is 12.1 Å². The number of phenols is 1. The fourth-order valence-corrected chi connectivity index (χ4v) is 2.35. The molecule has 0 aliphatic rings. The predicted octanol–water partition coefficient (Wildman–Crippen LogP) is 1.18. The van der Waals surface area contributed by atoms with E-state index in [4.69, 9.17) is 5.11 Å². The van der Waals surface area contributed by atoms with Gasteiger partial charge in [0, 0.05) is 0 Å².